The lowest BCUT2D eigenvalue weighted by Crippen LogP contribution is -1.92. The van der Waals surface area contributed by atoms with Crippen LogP contribution in [0, 0.1) is 3.70 Å². The van der Waals surface area contributed by atoms with Gasteiger partial charge >= 0.3 is 0 Å². The summed E-state index contributed by atoms with van der Waals surface area (Å²) >= 11 is 2.27. The van der Waals surface area contributed by atoms with Gasteiger partial charge in [-0.3, -0.25) is 4.40 Å². The Morgan fingerprint density at radius 1 is 1.21 bits per heavy atom. The monoisotopic (exact) mass is 365 g/mol. The summed E-state index contributed by atoms with van der Waals surface area (Å²) in [5.41, 5.74) is 1.90. The lowest BCUT2D eigenvalue weighted by Gasteiger charge is -2.00. The van der Waals surface area contributed by atoms with Crippen LogP contribution in [0.5, 0.6) is 11.5 Å². The van der Waals surface area contributed by atoms with Crippen LogP contribution in [0.3, 0.4) is 0 Å². The Morgan fingerprint density at radius 2 is 2.11 bits per heavy atom. The largest absolute Gasteiger partial charge is 0.454 e. The molecule has 0 fully saturated rings. The van der Waals surface area contributed by atoms with E-state index in [1.165, 1.54) is 0 Å². The topological polar surface area (TPSA) is 48.7 Å². The minimum absolute atomic E-state index is 0.280. The van der Waals surface area contributed by atoms with Crippen molar-refractivity contribution in [1.29, 1.82) is 0 Å². The molecule has 0 radical (unpaired) electrons. The van der Waals surface area contributed by atoms with E-state index < -0.39 is 0 Å². The van der Waals surface area contributed by atoms with E-state index in [0.717, 1.165) is 26.5 Å². The second-order valence-corrected chi connectivity index (χ2v) is 5.13. The molecule has 3 heterocycles. The smallest absolute Gasteiger partial charge is 0.235 e. The molecule has 0 saturated carbocycles. The Morgan fingerprint density at radius 3 is 3.00 bits per heavy atom. The van der Waals surface area contributed by atoms with Gasteiger partial charge in [-0.1, -0.05) is 0 Å². The van der Waals surface area contributed by atoms with Gasteiger partial charge in [0.15, 0.2) is 11.5 Å². The summed E-state index contributed by atoms with van der Waals surface area (Å²) in [6.07, 6.45) is 3.69. The highest BCUT2D eigenvalue weighted by molar-refractivity contribution is 14.1. The molecular weight excluding hydrogens is 357 g/mol. The molecule has 0 bridgehead atoms. The van der Waals surface area contributed by atoms with Gasteiger partial charge in [0, 0.05) is 18.0 Å². The highest BCUT2D eigenvalue weighted by Crippen LogP contribution is 2.36. The number of benzene rings is 1. The van der Waals surface area contributed by atoms with Crippen LogP contribution >= 0.6 is 22.6 Å². The van der Waals surface area contributed by atoms with Crippen molar-refractivity contribution in [2.24, 2.45) is 0 Å². The molecule has 0 N–H and O–H groups in total. The fourth-order valence-corrected chi connectivity index (χ4v) is 2.90. The summed E-state index contributed by atoms with van der Waals surface area (Å²) in [6, 6.07) is 7.73. The molecule has 0 saturated heterocycles. The quantitative estimate of drug-likeness (QED) is 0.623. The van der Waals surface area contributed by atoms with Crippen molar-refractivity contribution in [1.82, 2.24) is 14.4 Å². The molecule has 1 aliphatic rings. The second kappa shape index (κ2) is 4.09. The van der Waals surface area contributed by atoms with Crippen molar-refractivity contribution in [2.75, 3.05) is 6.79 Å². The molecule has 0 spiro atoms. The molecule has 5 nitrogen and oxygen atoms in total. The van der Waals surface area contributed by atoms with Crippen molar-refractivity contribution in [3.8, 4) is 22.8 Å². The average molecular weight is 365 g/mol. The van der Waals surface area contributed by atoms with Crippen LogP contribution in [-0.4, -0.2) is 21.2 Å². The van der Waals surface area contributed by atoms with Gasteiger partial charge < -0.3 is 9.47 Å². The maximum absolute atomic E-state index is 5.40. The minimum Gasteiger partial charge on any atom is -0.454 e. The van der Waals surface area contributed by atoms with Gasteiger partial charge in [0.1, 0.15) is 9.39 Å². The summed E-state index contributed by atoms with van der Waals surface area (Å²) in [6.45, 7) is 0.280. The molecule has 4 rings (SSSR count). The molecule has 0 atom stereocenters. The Hall–Kier alpha value is -1.83. The number of aromatic nitrogens is 3. The van der Waals surface area contributed by atoms with E-state index >= 15 is 0 Å². The summed E-state index contributed by atoms with van der Waals surface area (Å²) in [5, 5.41) is 0. The van der Waals surface area contributed by atoms with E-state index in [2.05, 4.69) is 32.6 Å². The SMILES string of the molecule is Ic1c(-c2ccc3c(c2)OCO3)nc2ncccn12. The summed E-state index contributed by atoms with van der Waals surface area (Å²) in [4.78, 5) is 8.81. The van der Waals surface area contributed by atoms with Crippen molar-refractivity contribution in [3.05, 3.63) is 40.4 Å². The van der Waals surface area contributed by atoms with E-state index in [0.29, 0.717) is 5.78 Å². The summed E-state index contributed by atoms with van der Waals surface area (Å²) in [7, 11) is 0. The Labute approximate surface area is 122 Å². The zero-order valence-electron chi connectivity index (χ0n) is 9.71. The van der Waals surface area contributed by atoms with Gasteiger partial charge in [0.2, 0.25) is 12.6 Å². The number of hydrogen-bond acceptors (Lipinski definition) is 4. The Kier molecular flexibility index (Phi) is 2.37. The fraction of sp³-hybridized carbons (Fsp3) is 0.0769. The van der Waals surface area contributed by atoms with Crippen LogP contribution in [0.2, 0.25) is 0 Å². The normalized spacial score (nSPS) is 13.1. The number of nitrogens with zero attached hydrogens (tertiary/aromatic N) is 3. The minimum atomic E-state index is 0.280. The second-order valence-electron chi connectivity index (χ2n) is 4.11. The molecule has 94 valence electrons. The zero-order chi connectivity index (χ0) is 12.8. The van der Waals surface area contributed by atoms with Crippen molar-refractivity contribution >= 4 is 28.4 Å². The molecule has 0 amide bonds. The number of hydrogen-bond donors (Lipinski definition) is 0. The third kappa shape index (κ3) is 1.66. The predicted molar refractivity (Wildman–Crippen MR) is 77.3 cm³/mol. The Bertz CT molecular complexity index is 785. The number of halogens is 1. The molecule has 19 heavy (non-hydrogen) atoms. The average Bonchev–Trinajstić information content (AvgIpc) is 3.03. The third-order valence-corrected chi connectivity index (χ3v) is 4.02. The molecule has 0 aliphatic carbocycles. The first-order valence-electron chi connectivity index (χ1n) is 5.71. The van der Waals surface area contributed by atoms with Gasteiger partial charge in [-0.05, 0) is 46.9 Å². The van der Waals surface area contributed by atoms with E-state index in [-0.39, 0.29) is 6.79 Å². The highest BCUT2D eigenvalue weighted by atomic mass is 127. The highest BCUT2D eigenvalue weighted by Gasteiger charge is 2.17. The number of rotatable bonds is 1. The number of fused-ring (bicyclic) bond motifs is 2. The van der Waals surface area contributed by atoms with Gasteiger partial charge in [0.25, 0.3) is 0 Å². The first-order valence-corrected chi connectivity index (χ1v) is 6.79. The molecule has 2 aromatic heterocycles. The molecule has 6 heteroatoms. The lowest BCUT2D eigenvalue weighted by atomic mass is 10.1. The third-order valence-electron chi connectivity index (χ3n) is 2.99. The van der Waals surface area contributed by atoms with Crippen molar-refractivity contribution in [3.63, 3.8) is 0 Å². The Balaban J connectivity index is 1.92. The summed E-state index contributed by atoms with van der Waals surface area (Å²) < 4.78 is 13.7. The van der Waals surface area contributed by atoms with Gasteiger partial charge in [-0.15, -0.1) is 0 Å². The maximum atomic E-state index is 5.40. The van der Waals surface area contributed by atoms with E-state index in [9.17, 15) is 0 Å². The van der Waals surface area contributed by atoms with Gasteiger partial charge in [0.05, 0.1) is 0 Å². The van der Waals surface area contributed by atoms with Crippen LogP contribution in [0.25, 0.3) is 17.0 Å². The molecule has 1 aromatic carbocycles. The van der Waals surface area contributed by atoms with Crippen LogP contribution in [0.4, 0.5) is 0 Å². The predicted octanol–water partition coefficient (Wildman–Crippen LogP) is 2.73. The molecule has 0 unspecified atom stereocenters. The first kappa shape index (κ1) is 11.0. The van der Waals surface area contributed by atoms with Crippen molar-refractivity contribution < 1.29 is 9.47 Å². The molecule has 1 aliphatic heterocycles. The summed E-state index contributed by atoms with van der Waals surface area (Å²) in [5.74, 6) is 2.23. The first-order chi connectivity index (χ1) is 9.33. The molecule has 3 aromatic rings. The van der Waals surface area contributed by atoms with Crippen LogP contribution in [0.1, 0.15) is 0 Å². The lowest BCUT2D eigenvalue weighted by molar-refractivity contribution is 0.174. The number of ether oxygens (including phenoxy) is 2. The number of imidazole rings is 1. The fourth-order valence-electron chi connectivity index (χ4n) is 2.09. The van der Waals surface area contributed by atoms with E-state index in [1.54, 1.807) is 6.20 Å². The zero-order valence-corrected chi connectivity index (χ0v) is 11.9. The van der Waals surface area contributed by atoms with Gasteiger partial charge in [-0.2, -0.15) is 0 Å². The van der Waals surface area contributed by atoms with E-state index in [1.807, 2.05) is 34.9 Å². The maximum Gasteiger partial charge on any atom is 0.235 e. The molecular formula is C13H8IN3O2. The van der Waals surface area contributed by atoms with Gasteiger partial charge in [-0.25, -0.2) is 9.97 Å². The van der Waals surface area contributed by atoms with Crippen LogP contribution in [0.15, 0.2) is 36.7 Å². The van der Waals surface area contributed by atoms with E-state index in [4.69, 9.17) is 9.47 Å². The van der Waals surface area contributed by atoms with Crippen LogP contribution in [-0.2, 0) is 0 Å². The van der Waals surface area contributed by atoms with Crippen molar-refractivity contribution in [2.45, 2.75) is 0 Å². The van der Waals surface area contributed by atoms with Crippen LogP contribution < -0.4 is 9.47 Å². The standard InChI is InChI=1S/C13H8IN3O2/c14-12-11(16-13-15-4-1-5-17(12)13)8-2-3-9-10(6-8)19-7-18-9/h1-6H,7H2.